The standard InChI is InChI=1S/C9H18O3.C7H14O3/c1-4-5-6-11-7-8(2)12-9(3)10;1-4-7(8)10-6(2)5-9-3/h8H,4-7H2,1-3H3;6H,4-5H2,1-3H3. The number of carbonyl (C=O) groups excluding carboxylic acids is 2. The number of methoxy groups -OCH3 is 1. The summed E-state index contributed by atoms with van der Waals surface area (Å²) in [6.45, 7) is 10.6. The van der Waals surface area contributed by atoms with Crippen LogP contribution in [0, 0.1) is 0 Å². The Labute approximate surface area is 134 Å². The molecule has 0 heterocycles. The lowest BCUT2D eigenvalue weighted by molar-refractivity contribution is -0.150. The second-order valence-electron chi connectivity index (χ2n) is 4.96. The zero-order chi connectivity index (χ0) is 17.4. The predicted molar refractivity (Wildman–Crippen MR) is 84.7 cm³/mol. The summed E-state index contributed by atoms with van der Waals surface area (Å²) >= 11 is 0. The van der Waals surface area contributed by atoms with E-state index in [1.165, 1.54) is 6.92 Å². The zero-order valence-corrected chi connectivity index (χ0v) is 14.8. The third-order valence-electron chi connectivity index (χ3n) is 2.38. The molecule has 0 bridgehead atoms. The van der Waals surface area contributed by atoms with Crippen LogP contribution in [0.4, 0.5) is 0 Å². The molecule has 0 aliphatic rings. The van der Waals surface area contributed by atoms with E-state index in [2.05, 4.69) is 6.92 Å². The zero-order valence-electron chi connectivity index (χ0n) is 14.8. The summed E-state index contributed by atoms with van der Waals surface area (Å²) in [6.07, 6.45) is 2.36. The van der Waals surface area contributed by atoms with E-state index in [-0.39, 0.29) is 24.1 Å². The summed E-state index contributed by atoms with van der Waals surface area (Å²) in [5.41, 5.74) is 0. The van der Waals surface area contributed by atoms with Gasteiger partial charge >= 0.3 is 11.9 Å². The van der Waals surface area contributed by atoms with Crippen molar-refractivity contribution >= 4 is 11.9 Å². The van der Waals surface area contributed by atoms with Crippen LogP contribution in [0.2, 0.25) is 0 Å². The molecular weight excluding hydrogens is 288 g/mol. The fourth-order valence-electron chi connectivity index (χ4n) is 1.39. The van der Waals surface area contributed by atoms with Crippen LogP contribution >= 0.6 is 0 Å². The van der Waals surface area contributed by atoms with Gasteiger partial charge in [-0.25, -0.2) is 0 Å². The third-order valence-corrected chi connectivity index (χ3v) is 2.38. The highest BCUT2D eigenvalue weighted by molar-refractivity contribution is 5.69. The lowest BCUT2D eigenvalue weighted by atomic mass is 10.3. The van der Waals surface area contributed by atoms with Crippen molar-refractivity contribution in [3.8, 4) is 0 Å². The van der Waals surface area contributed by atoms with Crippen LogP contribution in [0.3, 0.4) is 0 Å². The van der Waals surface area contributed by atoms with Gasteiger partial charge in [0, 0.05) is 27.1 Å². The van der Waals surface area contributed by atoms with Crippen molar-refractivity contribution < 1.29 is 28.5 Å². The van der Waals surface area contributed by atoms with Crippen LogP contribution in [-0.4, -0.2) is 51.1 Å². The Morgan fingerprint density at radius 1 is 1.00 bits per heavy atom. The Kier molecular flexibility index (Phi) is 17.1. The van der Waals surface area contributed by atoms with Crippen LogP contribution in [0.1, 0.15) is 53.9 Å². The average Bonchev–Trinajstić information content (AvgIpc) is 2.43. The number of unbranched alkanes of at least 4 members (excludes halogenated alkanes) is 1. The van der Waals surface area contributed by atoms with Gasteiger partial charge in [-0.05, 0) is 20.3 Å². The van der Waals surface area contributed by atoms with Crippen molar-refractivity contribution in [1.82, 2.24) is 0 Å². The topological polar surface area (TPSA) is 71.1 Å². The maximum absolute atomic E-state index is 10.6. The summed E-state index contributed by atoms with van der Waals surface area (Å²) < 4.78 is 19.8. The molecule has 132 valence electrons. The molecule has 2 atom stereocenters. The summed E-state index contributed by atoms with van der Waals surface area (Å²) in [7, 11) is 1.58. The first kappa shape index (κ1) is 23.1. The van der Waals surface area contributed by atoms with Gasteiger partial charge in [-0.1, -0.05) is 20.3 Å². The van der Waals surface area contributed by atoms with Gasteiger partial charge in [0.25, 0.3) is 0 Å². The highest BCUT2D eigenvalue weighted by Gasteiger charge is 2.05. The van der Waals surface area contributed by atoms with Gasteiger partial charge in [-0.3, -0.25) is 9.59 Å². The first-order valence-electron chi connectivity index (χ1n) is 7.80. The number of hydrogen-bond acceptors (Lipinski definition) is 6. The minimum absolute atomic E-state index is 0.126. The molecule has 0 amide bonds. The molecule has 0 spiro atoms. The minimum atomic E-state index is -0.249. The van der Waals surface area contributed by atoms with Gasteiger partial charge in [0.2, 0.25) is 0 Å². The van der Waals surface area contributed by atoms with Crippen molar-refractivity contribution in [3.05, 3.63) is 0 Å². The number of rotatable bonds is 10. The molecule has 0 aliphatic heterocycles. The molecule has 0 saturated carbocycles. The predicted octanol–water partition coefficient (Wildman–Crippen LogP) is 2.73. The second kappa shape index (κ2) is 16.2. The first-order chi connectivity index (χ1) is 10.4. The average molecular weight is 320 g/mol. The van der Waals surface area contributed by atoms with Crippen LogP contribution in [0.15, 0.2) is 0 Å². The van der Waals surface area contributed by atoms with E-state index in [0.717, 1.165) is 19.4 Å². The van der Waals surface area contributed by atoms with E-state index < -0.39 is 0 Å². The normalized spacial score (nSPS) is 12.6. The third kappa shape index (κ3) is 18.9. The second-order valence-corrected chi connectivity index (χ2v) is 4.96. The molecule has 22 heavy (non-hydrogen) atoms. The summed E-state index contributed by atoms with van der Waals surface area (Å²) in [5.74, 6) is -0.425. The fourth-order valence-corrected chi connectivity index (χ4v) is 1.39. The molecule has 6 nitrogen and oxygen atoms in total. The first-order valence-corrected chi connectivity index (χ1v) is 7.80. The van der Waals surface area contributed by atoms with E-state index >= 15 is 0 Å². The van der Waals surface area contributed by atoms with Crippen molar-refractivity contribution in [2.24, 2.45) is 0 Å². The van der Waals surface area contributed by atoms with E-state index in [1.807, 2.05) is 6.92 Å². The molecule has 6 heteroatoms. The van der Waals surface area contributed by atoms with Crippen molar-refractivity contribution in [2.45, 2.75) is 66.1 Å². The lowest BCUT2D eigenvalue weighted by Gasteiger charge is -2.11. The molecule has 0 aliphatic carbocycles. The summed E-state index contributed by atoms with van der Waals surface area (Å²) in [5, 5.41) is 0. The summed E-state index contributed by atoms with van der Waals surface area (Å²) in [4.78, 5) is 21.1. The Bertz CT molecular complexity index is 280. The number of ether oxygens (including phenoxy) is 4. The van der Waals surface area contributed by atoms with Gasteiger partial charge in [0.05, 0.1) is 13.2 Å². The van der Waals surface area contributed by atoms with E-state index in [4.69, 9.17) is 18.9 Å². The Hall–Kier alpha value is -1.14. The largest absolute Gasteiger partial charge is 0.460 e. The SMILES string of the molecule is CCC(=O)OC(C)COC.CCCCOCC(C)OC(C)=O. The Balaban J connectivity index is 0. The number of esters is 2. The molecule has 0 N–H and O–H groups in total. The van der Waals surface area contributed by atoms with Crippen LogP contribution in [0.25, 0.3) is 0 Å². The number of hydrogen-bond donors (Lipinski definition) is 0. The molecule has 0 aromatic rings. The summed E-state index contributed by atoms with van der Waals surface area (Å²) in [6, 6.07) is 0. The Morgan fingerprint density at radius 3 is 2.05 bits per heavy atom. The smallest absolute Gasteiger partial charge is 0.305 e. The van der Waals surface area contributed by atoms with E-state index in [1.54, 1.807) is 21.0 Å². The number of carbonyl (C=O) groups is 2. The van der Waals surface area contributed by atoms with E-state index in [0.29, 0.717) is 19.6 Å². The lowest BCUT2D eigenvalue weighted by Crippen LogP contribution is -2.18. The molecule has 0 aromatic carbocycles. The molecule has 0 saturated heterocycles. The van der Waals surface area contributed by atoms with Crippen molar-refractivity contribution in [3.63, 3.8) is 0 Å². The van der Waals surface area contributed by atoms with Crippen LogP contribution in [-0.2, 0) is 28.5 Å². The minimum Gasteiger partial charge on any atom is -0.460 e. The van der Waals surface area contributed by atoms with Gasteiger partial charge in [0.15, 0.2) is 0 Å². The highest BCUT2D eigenvalue weighted by atomic mass is 16.6. The maximum atomic E-state index is 10.6. The fraction of sp³-hybridized carbons (Fsp3) is 0.875. The molecule has 2 unspecified atom stereocenters. The van der Waals surface area contributed by atoms with Gasteiger partial charge < -0.3 is 18.9 Å². The maximum Gasteiger partial charge on any atom is 0.305 e. The van der Waals surface area contributed by atoms with Crippen molar-refractivity contribution in [2.75, 3.05) is 26.9 Å². The monoisotopic (exact) mass is 320 g/mol. The molecule has 0 rings (SSSR count). The molecule has 0 radical (unpaired) electrons. The van der Waals surface area contributed by atoms with Crippen LogP contribution in [0.5, 0.6) is 0 Å². The Morgan fingerprint density at radius 2 is 1.59 bits per heavy atom. The molecular formula is C16H32O6. The van der Waals surface area contributed by atoms with Gasteiger partial charge in [-0.15, -0.1) is 0 Å². The van der Waals surface area contributed by atoms with E-state index in [9.17, 15) is 9.59 Å². The van der Waals surface area contributed by atoms with Gasteiger partial charge in [-0.2, -0.15) is 0 Å². The highest BCUT2D eigenvalue weighted by Crippen LogP contribution is 1.95. The quantitative estimate of drug-likeness (QED) is 0.455. The molecule has 0 aromatic heterocycles. The van der Waals surface area contributed by atoms with Crippen molar-refractivity contribution in [1.29, 1.82) is 0 Å². The van der Waals surface area contributed by atoms with Crippen LogP contribution < -0.4 is 0 Å². The van der Waals surface area contributed by atoms with Gasteiger partial charge in [0.1, 0.15) is 12.2 Å². The molecule has 0 fully saturated rings.